The third-order valence-electron chi connectivity index (χ3n) is 3.27. The van der Waals surface area contributed by atoms with Crippen LogP contribution in [0.2, 0.25) is 0 Å². The number of piperazine rings is 1. The number of amides is 1. The molecule has 17 heavy (non-hydrogen) atoms. The Labute approximate surface area is 104 Å². The molecule has 1 fully saturated rings. The van der Waals surface area contributed by atoms with Gasteiger partial charge in [-0.25, -0.2) is 0 Å². The molecule has 0 aromatic carbocycles. The van der Waals surface area contributed by atoms with E-state index in [0.717, 1.165) is 45.8 Å². The van der Waals surface area contributed by atoms with Crippen LogP contribution < -0.4 is 5.73 Å². The Morgan fingerprint density at radius 2 is 2.18 bits per heavy atom. The van der Waals surface area contributed by atoms with Crippen LogP contribution in [0.25, 0.3) is 0 Å². The van der Waals surface area contributed by atoms with Crippen LogP contribution in [-0.4, -0.2) is 67.7 Å². The van der Waals surface area contributed by atoms with E-state index in [1.165, 1.54) is 0 Å². The predicted molar refractivity (Wildman–Crippen MR) is 67.8 cm³/mol. The van der Waals surface area contributed by atoms with Gasteiger partial charge in [0.2, 0.25) is 5.91 Å². The number of nitrogens with zero attached hydrogens (tertiary/aromatic N) is 2. The van der Waals surface area contributed by atoms with Crippen LogP contribution in [0.15, 0.2) is 0 Å². The molecule has 1 saturated heterocycles. The van der Waals surface area contributed by atoms with Gasteiger partial charge in [0.25, 0.3) is 0 Å². The minimum Gasteiger partial charge on any atom is -0.380 e. The number of hydrogen-bond acceptors (Lipinski definition) is 4. The van der Waals surface area contributed by atoms with Crippen molar-refractivity contribution >= 4 is 5.91 Å². The summed E-state index contributed by atoms with van der Waals surface area (Å²) >= 11 is 0. The summed E-state index contributed by atoms with van der Waals surface area (Å²) in [6.07, 6.45) is 1.10. The Balaban J connectivity index is 2.35. The van der Waals surface area contributed by atoms with E-state index in [-0.39, 0.29) is 5.91 Å². The average molecular weight is 243 g/mol. The van der Waals surface area contributed by atoms with Gasteiger partial charge in [-0.15, -0.1) is 0 Å². The lowest BCUT2D eigenvalue weighted by molar-refractivity contribution is -0.119. The molecule has 5 heteroatoms. The lowest BCUT2D eigenvalue weighted by Gasteiger charge is -2.40. The van der Waals surface area contributed by atoms with Crippen LogP contribution in [0.5, 0.6) is 0 Å². The number of primary amides is 1. The Morgan fingerprint density at radius 3 is 2.76 bits per heavy atom. The van der Waals surface area contributed by atoms with Gasteiger partial charge in [0, 0.05) is 38.8 Å². The molecule has 1 atom stereocenters. The van der Waals surface area contributed by atoms with E-state index >= 15 is 0 Å². The molecule has 0 radical (unpaired) electrons. The van der Waals surface area contributed by atoms with Crippen molar-refractivity contribution in [3.8, 4) is 0 Å². The maximum atomic E-state index is 10.9. The van der Waals surface area contributed by atoms with Crippen molar-refractivity contribution in [2.24, 2.45) is 5.73 Å². The normalized spacial score (nSPS) is 22.8. The van der Waals surface area contributed by atoms with Crippen LogP contribution in [0.4, 0.5) is 0 Å². The molecule has 0 bridgehead atoms. The smallest absolute Gasteiger partial charge is 0.231 e. The van der Waals surface area contributed by atoms with E-state index in [2.05, 4.69) is 16.7 Å². The molecule has 2 N–H and O–H groups in total. The monoisotopic (exact) mass is 243 g/mol. The number of hydrogen-bond donors (Lipinski definition) is 1. The molecular formula is C12H25N3O2. The minimum absolute atomic E-state index is 0.234. The van der Waals surface area contributed by atoms with Crippen molar-refractivity contribution in [2.75, 3.05) is 45.9 Å². The number of ether oxygens (including phenoxy) is 1. The third kappa shape index (κ3) is 5.02. The zero-order valence-electron chi connectivity index (χ0n) is 11.0. The molecule has 100 valence electrons. The summed E-state index contributed by atoms with van der Waals surface area (Å²) in [7, 11) is 0. The molecule has 1 amide bonds. The molecule has 0 aliphatic carbocycles. The van der Waals surface area contributed by atoms with Gasteiger partial charge in [-0.3, -0.25) is 14.6 Å². The predicted octanol–water partition coefficient (Wildman–Crippen LogP) is -0.0956. The lowest BCUT2D eigenvalue weighted by atomic mass is 10.1. The second kappa shape index (κ2) is 7.63. The van der Waals surface area contributed by atoms with Crippen molar-refractivity contribution in [3.63, 3.8) is 0 Å². The summed E-state index contributed by atoms with van der Waals surface area (Å²) < 4.78 is 5.39. The number of carbonyl (C=O) groups excluding carboxylic acids is 1. The van der Waals surface area contributed by atoms with E-state index < -0.39 is 0 Å². The quantitative estimate of drug-likeness (QED) is 0.635. The Kier molecular flexibility index (Phi) is 6.47. The van der Waals surface area contributed by atoms with E-state index in [4.69, 9.17) is 10.5 Å². The average Bonchev–Trinajstić information content (AvgIpc) is 2.30. The van der Waals surface area contributed by atoms with Gasteiger partial charge >= 0.3 is 0 Å². The Morgan fingerprint density at radius 1 is 1.41 bits per heavy atom. The molecule has 1 rings (SSSR count). The van der Waals surface area contributed by atoms with Gasteiger partial charge < -0.3 is 10.5 Å². The first kappa shape index (κ1) is 14.4. The zero-order chi connectivity index (χ0) is 12.7. The maximum absolute atomic E-state index is 10.9. The van der Waals surface area contributed by atoms with E-state index in [1.807, 2.05) is 6.92 Å². The molecule has 0 aromatic rings. The Hall–Kier alpha value is -0.650. The Bertz CT molecular complexity index is 236. The zero-order valence-corrected chi connectivity index (χ0v) is 11.0. The van der Waals surface area contributed by atoms with Crippen molar-refractivity contribution < 1.29 is 9.53 Å². The highest BCUT2D eigenvalue weighted by molar-refractivity contribution is 5.75. The standard InChI is InChI=1S/C12H25N3O2/c1-3-11-9-14(10-12(13)16)5-6-15(11)7-8-17-4-2/h11H,3-10H2,1-2H3,(H2,13,16)/t11-/m1/s1. The molecule has 0 aromatic heterocycles. The topological polar surface area (TPSA) is 58.8 Å². The van der Waals surface area contributed by atoms with Crippen molar-refractivity contribution in [2.45, 2.75) is 26.3 Å². The first-order valence-corrected chi connectivity index (χ1v) is 6.49. The molecule has 0 unspecified atom stereocenters. The fourth-order valence-electron chi connectivity index (χ4n) is 2.33. The maximum Gasteiger partial charge on any atom is 0.231 e. The van der Waals surface area contributed by atoms with Gasteiger partial charge in [0.05, 0.1) is 13.2 Å². The van der Waals surface area contributed by atoms with Gasteiger partial charge in [-0.1, -0.05) is 6.92 Å². The highest BCUT2D eigenvalue weighted by Crippen LogP contribution is 2.12. The largest absolute Gasteiger partial charge is 0.380 e. The summed E-state index contributed by atoms with van der Waals surface area (Å²) in [6, 6.07) is 0.517. The van der Waals surface area contributed by atoms with Crippen LogP contribution in [0, 0.1) is 0 Å². The van der Waals surface area contributed by atoms with Gasteiger partial charge in [0.15, 0.2) is 0 Å². The molecule has 0 saturated carbocycles. The van der Waals surface area contributed by atoms with Crippen LogP contribution in [0.1, 0.15) is 20.3 Å². The van der Waals surface area contributed by atoms with Crippen molar-refractivity contribution in [3.05, 3.63) is 0 Å². The van der Waals surface area contributed by atoms with Crippen LogP contribution in [-0.2, 0) is 9.53 Å². The SMILES string of the molecule is CCOCCN1CCN(CC(N)=O)C[C@H]1CC. The second-order valence-electron chi connectivity index (χ2n) is 4.50. The fourth-order valence-corrected chi connectivity index (χ4v) is 2.33. The molecule has 0 spiro atoms. The van der Waals surface area contributed by atoms with E-state index in [9.17, 15) is 4.79 Å². The lowest BCUT2D eigenvalue weighted by Crippen LogP contribution is -2.55. The summed E-state index contributed by atoms with van der Waals surface area (Å²) in [4.78, 5) is 15.5. The summed E-state index contributed by atoms with van der Waals surface area (Å²) in [6.45, 7) is 10.00. The van der Waals surface area contributed by atoms with Gasteiger partial charge in [0.1, 0.15) is 0 Å². The molecule has 1 heterocycles. The highest BCUT2D eigenvalue weighted by Gasteiger charge is 2.25. The molecule has 1 aliphatic rings. The second-order valence-corrected chi connectivity index (χ2v) is 4.50. The molecule has 5 nitrogen and oxygen atoms in total. The van der Waals surface area contributed by atoms with Crippen molar-refractivity contribution in [1.82, 2.24) is 9.80 Å². The van der Waals surface area contributed by atoms with Crippen LogP contribution >= 0.6 is 0 Å². The number of carbonyl (C=O) groups is 1. The highest BCUT2D eigenvalue weighted by atomic mass is 16.5. The molecule has 1 aliphatic heterocycles. The third-order valence-corrected chi connectivity index (χ3v) is 3.27. The molecular weight excluding hydrogens is 218 g/mol. The number of nitrogens with two attached hydrogens (primary N) is 1. The van der Waals surface area contributed by atoms with Gasteiger partial charge in [-0.2, -0.15) is 0 Å². The summed E-state index contributed by atoms with van der Waals surface area (Å²) in [5.74, 6) is -0.234. The fraction of sp³-hybridized carbons (Fsp3) is 0.917. The minimum atomic E-state index is -0.234. The number of rotatable bonds is 7. The van der Waals surface area contributed by atoms with Crippen LogP contribution in [0.3, 0.4) is 0 Å². The first-order chi connectivity index (χ1) is 8.17. The summed E-state index contributed by atoms with van der Waals surface area (Å²) in [5.41, 5.74) is 5.23. The van der Waals surface area contributed by atoms with E-state index in [1.54, 1.807) is 0 Å². The van der Waals surface area contributed by atoms with Crippen molar-refractivity contribution in [1.29, 1.82) is 0 Å². The first-order valence-electron chi connectivity index (χ1n) is 6.49. The van der Waals surface area contributed by atoms with Gasteiger partial charge in [-0.05, 0) is 13.3 Å². The summed E-state index contributed by atoms with van der Waals surface area (Å²) in [5, 5.41) is 0. The van der Waals surface area contributed by atoms with E-state index in [0.29, 0.717) is 12.6 Å².